The van der Waals surface area contributed by atoms with Crippen molar-refractivity contribution in [2.75, 3.05) is 19.6 Å². The van der Waals surface area contributed by atoms with Crippen molar-refractivity contribution in [2.24, 2.45) is 5.92 Å². The molecular weight excluding hydrogens is 316 g/mol. The number of hydrogen-bond donors (Lipinski definition) is 1. The van der Waals surface area contributed by atoms with Gasteiger partial charge in [-0.05, 0) is 45.3 Å². The number of hydrogen-bond acceptors (Lipinski definition) is 5. The summed E-state index contributed by atoms with van der Waals surface area (Å²) in [5, 5.41) is 7.76. The van der Waals surface area contributed by atoms with E-state index in [1.807, 2.05) is 13.8 Å². The first-order valence-electron chi connectivity index (χ1n) is 9.13. The van der Waals surface area contributed by atoms with E-state index in [4.69, 9.17) is 4.52 Å². The van der Waals surface area contributed by atoms with Crippen LogP contribution in [0, 0.1) is 19.8 Å². The highest BCUT2D eigenvalue weighted by Crippen LogP contribution is 2.22. The smallest absolute Gasteiger partial charge is 0.258 e. The van der Waals surface area contributed by atoms with Crippen LogP contribution in [-0.2, 0) is 0 Å². The van der Waals surface area contributed by atoms with E-state index in [9.17, 15) is 4.79 Å². The number of aryl methyl sites for hydroxylation is 2. The van der Waals surface area contributed by atoms with Crippen molar-refractivity contribution in [2.45, 2.75) is 54.0 Å². The molecule has 0 aliphatic carbocycles. The van der Waals surface area contributed by atoms with Gasteiger partial charge >= 0.3 is 0 Å². The molecule has 1 N–H and O–H groups in total. The molecule has 0 saturated heterocycles. The first-order chi connectivity index (χ1) is 11.9. The molecule has 2 aromatic heterocycles. The minimum absolute atomic E-state index is 0.0947. The van der Waals surface area contributed by atoms with Crippen molar-refractivity contribution in [3.8, 4) is 0 Å². The van der Waals surface area contributed by atoms with Gasteiger partial charge in [0.2, 0.25) is 0 Å². The van der Waals surface area contributed by atoms with Crippen LogP contribution in [0.3, 0.4) is 0 Å². The van der Waals surface area contributed by atoms with Gasteiger partial charge in [0.15, 0.2) is 0 Å². The number of likely N-dealkylation sites (N-methyl/N-ethyl adjacent to an activating group) is 1. The van der Waals surface area contributed by atoms with Crippen LogP contribution >= 0.6 is 0 Å². The number of fused-ring (bicyclic) bond motifs is 1. The fraction of sp³-hybridized carbons (Fsp3) is 0.632. The maximum Gasteiger partial charge on any atom is 0.258 e. The predicted octanol–water partition coefficient (Wildman–Crippen LogP) is 3.33. The van der Waals surface area contributed by atoms with Gasteiger partial charge in [-0.25, -0.2) is 4.98 Å². The molecule has 0 aliphatic heterocycles. The first-order valence-corrected chi connectivity index (χ1v) is 9.13. The molecule has 0 saturated carbocycles. The van der Waals surface area contributed by atoms with Gasteiger partial charge in [0.25, 0.3) is 11.6 Å². The van der Waals surface area contributed by atoms with Crippen LogP contribution in [0.4, 0.5) is 0 Å². The monoisotopic (exact) mass is 346 g/mol. The van der Waals surface area contributed by atoms with Crippen LogP contribution in [0.15, 0.2) is 10.6 Å². The Morgan fingerprint density at radius 1 is 1.28 bits per heavy atom. The maximum absolute atomic E-state index is 12.8. The van der Waals surface area contributed by atoms with Crippen LogP contribution in [0.2, 0.25) is 0 Å². The lowest BCUT2D eigenvalue weighted by Crippen LogP contribution is -2.44. The van der Waals surface area contributed by atoms with Gasteiger partial charge in [-0.3, -0.25) is 9.69 Å². The highest BCUT2D eigenvalue weighted by molar-refractivity contribution is 6.06. The maximum atomic E-state index is 12.8. The zero-order chi connectivity index (χ0) is 18.6. The van der Waals surface area contributed by atoms with Crippen LogP contribution in [-0.4, -0.2) is 46.6 Å². The van der Waals surface area contributed by atoms with E-state index in [1.54, 1.807) is 6.07 Å². The molecule has 2 aromatic rings. The normalized spacial score (nSPS) is 13.0. The van der Waals surface area contributed by atoms with E-state index in [2.05, 4.69) is 48.1 Å². The molecule has 0 fully saturated rings. The second-order valence-corrected chi connectivity index (χ2v) is 6.97. The third-order valence-electron chi connectivity index (χ3n) is 4.56. The summed E-state index contributed by atoms with van der Waals surface area (Å²) in [6.45, 7) is 15.0. The van der Waals surface area contributed by atoms with Crippen molar-refractivity contribution < 1.29 is 9.32 Å². The lowest BCUT2D eigenvalue weighted by molar-refractivity contribution is 0.0930. The average Bonchev–Trinajstić information content (AvgIpc) is 2.93. The fourth-order valence-electron chi connectivity index (χ4n) is 3.35. The Hall–Kier alpha value is -1.95. The molecule has 0 aliphatic rings. The molecule has 0 aromatic carbocycles. The second-order valence-electron chi connectivity index (χ2n) is 6.97. The largest absolute Gasteiger partial charge is 0.350 e. The molecule has 1 atom stereocenters. The number of carbonyl (C=O) groups excluding carboxylic acids is 1. The summed E-state index contributed by atoms with van der Waals surface area (Å²) in [6, 6.07) is 2.14. The summed E-state index contributed by atoms with van der Waals surface area (Å²) in [7, 11) is 0. The highest BCUT2D eigenvalue weighted by Gasteiger charge is 2.21. The van der Waals surface area contributed by atoms with Crippen LogP contribution in [0.5, 0.6) is 0 Å². The second kappa shape index (κ2) is 8.43. The summed E-state index contributed by atoms with van der Waals surface area (Å²) in [5.41, 5.74) is 2.45. The van der Waals surface area contributed by atoms with E-state index in [0.717, 1.165) is 25.2 Å². The number of nitrogens with zero attached hydrogens (tertiary/aromatic N) is 3. The molecule has 25 heavy (non-hydrogen) atoms. The van der Waals surface area contributed by atoms with Gasteiger partial charge in [-0.2, -0.15) is 0 Å². The quantitative estimate of drug-likeness (QED) is 0.794. The van der Waals surface area contributed by atoms with Gasteiger partial charge in [0.1, 0.15) is 0 Å². The molecule has 0 bridgehead atoms. The Bertz CT molecular complexity index is 720. The summed E-state index contributed by atoms with van der Waals surface area (Å²) in [5.74, 6) is 0.486. The number of amides is 1. The molecule has 6 nitrogen and oxygen atoms in total. The molecule has 1 amide bonds. The molecule has 6 heteroatoms. The van der Waals surface area contributed by atoms with Crippen molar-refractivity contribution >= 4 is 17.0 Å². The third kappa shape index (κ3) is 4.57. The van der Waals surface area contributed by atoms with Crippen LogP contribution in [0.1, 0.15) is 55.9 Å². The van der Waals surface area contributed by atoms with Gasteiger partial charge in [-0.15, -0.1) is 0 Å². The number of nitrogens with one attached hydrogen (secondary N) is 1. The number of pyridine rings is 1. The Labute approximate surface area is 150 Å². The fourth-order valence-corrected chi connectivity index (χ4v) is 3.35. The minimum atomic E-state index is -0.0947. The van der Waals surface area contributed by atoms with E-state index >= 15 is 0 Å². The first kappa shape index (κ1) is 19.4. The van der Waals surface area contributed by atoms with Crippen molar-refractivity contribution in [1.82, 2.24) is 20.4 Å². The van der Waals surface area contributed by atoms with E-state index in [1.165, 1.54) is 0 Å². The van der Waals surface area contributed by atoms with Crippen molar-refractivity contribution in [1.29, 1.82) is 0 Å². The lowest BCUT2D eigenvalue weighted by atomic mass is 10.0. The molecular formula is C19H30N4O2. The Morgan fingerprint density at radius 2 is 1.96 bits per heavy atom. The van der Waals surface area contributed by atoms with Gasteiger partial charge in [0, 0.05) is 18.3 Å². The number of aromatic nitrogens is 2. The number of carbonyl (C=O) groups is 1. The van der Waals surface area contributed by atoms with Crippen LogP contribution < -0.4 is 5.32 Å². The zero-order valence-corrected chi connectivity index (χ0v) is 16.2. The van der Waals surface area contributed by atoms with Gasteiger partial charge in [0.05, 0.1) is 16.6 Å². The van der Waals surface area contributed by atoms with E-state index in [-0.39, 0.29) is 5.91 Å². The Kier molecular flexibility index (Phi) is 6.53. The number of rotatable bonds is 8. The van der Waals surface area contributed by atoms with Gasteiger partial charge in [-0.1, -0.05) is 32.9 Å². The standard InChI is InChI=1S/C19H30N4O2/c1-7-23(8-2)15(9-12(3)4)11-20-18(24)16-10-13(5)21-19-17(16)14(6)22-25-19/h10,12,15H,7-9,11H2,1-6H3,(H,20,24)/t15-/m1/s1. The molecule has 0 spiro atoms. The zero-order valence-electron chi connectivity index (χ0n) is 16.2. The van der Waals surface area contributed by atoms with E-state index in [0.29, 0.717) is 40.9 Å². The third-order valence-corrected chi connectivity index (χ3v) is 4.56. The highest BCUT2D eigenvalue weighted by atomic mass is 16.5. The Morgan fingerprint density at radius 3 is 2.56 bits per heavy atom. The summed E-state index contributed by atoms with van der Waals surface area (Å²) >= 11 is 0. The summed E-state index contributed by atoms with van der Waals surface area (Å²) in [4.78, 5) is 19.5. The average molecular weight is 346 g/mol. The minimum Gasteiger partial charge on any atom is -0.350 e. The van der Waals surface area contributed by atoms with E-state index < -0.39 is 0 Å². The molecule has 138 valence electrons. The predicted molar refractivity (Wildman–Crippen MR) is 99.8 cm³/mol. The molecule has 2 heterocycles. The van der Waals surface area contributed by atoms with Gasteiger partial charge < -0.3 is 9.84 Å². The summed E-state index contributed by atoms with van der Waals surface area (Å²) in [6.07, 6.45) is 1.05. The molecule has 0 radical (unpaired) electrons. The Balaban J connectivity index is 2.19. The van der Waals surface area contributed by atoms with Crippen LogP contribution in [0.25, 0.3) is 11.1 Å². The van der Waals surface area contributed by atoms with Crippen molar-refractivity contribution in [3.63, 3.8) is 0 Å². The molecule has 0 unspecified atom stereocenters. The van der Waals surface area contributed by atoms with Crippen molar-refractivity contribution in [3.05, 3.63) is 23.0 Å². The topological polar surface area (TPSA) is 71.3 Å². The molecule has 2 rings (SSSR count). The lowest BCUT2D eigenvalue weighted by Gasteiger charge is -2.31. The SMILES string of the molecule is CCN(CC)[C@@H](CNC(=O)c1cc(C)nc2onc(C)c12)CC(C)C. The summed E-state index contributed by atoms with van der Waals surface area (Å²) < 4.78 is 5.22.